The molecule has 3 aliphatic rings. The molecule has 1 saturated carbocycles. The van der Waals surface area contributed by atoms with Crippen molar-refractivity contribution >= 4 is 0 Å². The fourth-order valence-electron chi connectivity index (χ4n) is 1.88. The molecule has 2 bridgehead atoms. The molecule has 3 rings (SSSR count). The van der Waals surface area contributed by atoms with Crippen LogP contribution in [0.4, 0.5) is 0 Å². The summed E-state index contributed by atoms with van der Waals surface area (Å²) in [5.41, 5.74) is 0. The molecular formula is C7H7O. The second-order valence-corrected chi connectivity index (χ2v) is 2.84. The minimum Gasteiger partial charge on any atom is -0.458 e. The van der Waals surface area contributed by atoms with E-state index in [1.54, 1.807) is 5.92 Å². The summed E-state index contributed by atoms with van der Waals surface area (Å²) in [5, 5.41) is 0. The predicted octanol–water partition coefficient (Wildman–Crippen LogP) is 1.62. The van der Waals surface area contributed by atoms with Crippen LogP contribution in [0.25, 0.3) is 0 Å². The number of fused-ring (bicyclic) bond motifs is 4. The van der Waals surface area contributed by atoms with Crippen LogP contribution in [0.5, 0.6) is 0 Å². The molecular weight excluding hydrogens is 100 g/mol. The molecule has 0 aromatic heterocycles. The first-order chi connectivity index (χ1) is 3.95. The van der Waals surface area contributed by atoms with Gasteiger partial charge in [0.1, 0.15) is 11.5 Å². The molecule has 1 heterocycles. The van der Waals surface area contributed by atoms with Gasteiger partial charge in [-0.3, -0.25) is 0 Å². The molecule has 0 aromatic carbocycles. The summed E-state index contributed by atoms with van der Waals surface area (Å²) in [6, 6.07) is 0. The smallest absolute Gasteiger partial charge is 0.149 e. The molecule has 1 nitrogen and oxygen atoms in total. The zero-order valence-corrected chi connectivity index (χ0v) is 4.61. The Morgan fingerprint density at radius 2 is 2.50 bits per heavy atom. The first-order valence-corrected chi connectivity index (χ1v) is 3.22. The quantitative estimate of drug-likeness (QED) is 0.458. The van der Waals surface area contributed by atoms with Gasteiger partial charge in [-0.25, -0.2) is 0 Å². The number of hydrogen-bond donors (Lipinski definition) is 0. The molecule has 1 aliphatic heterocycles. The van der Waals surface area contributed by atoms with Crippen LogP contribution in [0.15, 0.2) is 11.5 Å². The number of ether oxygens (including phenoxy) is 1. The zero-order chi connectivity index (χ0) is 5.14. The van der Waals surface area contributed by atoms with Crippen molar-refractivity contribution in [1.82, 2.24) is 0 Å². The molecule has 1 heteroatoms. The van der Waals surface area contributed by atoms with Gasteiger partial charge in [0.15, 0.2) is 0 Å². The average Bonchev–Trinajstić information content (AvgIpc) is 2.39. The van der Waals surface area contributed by atoms with Crippen LogP contribution in [0, 0.1) is 11.8 Å². The molecule has 0 amide bonds. The van der Waals surface area contributed by atoms with Crippen molar-refractivity contribution in [1.29, 1.82) is 0 Å². The van der Waals surface area contributed by atoms with Crippen LogP contribution in [-0.4, -0.2) is 0 Å². The largest absolute Gasteiger partial charge is 0.458 e. The van der Waals surface area contributed by atoms with E-state index in [1.165, 1.54) is 30.8 Å². The van der Waals surface area contributed by atoms with Crippen LogP contribution in [0.3, 0.4) is 0 Å². The highest BCUT2D eigenvalue weighted by molar-refractivity contribution is 5.44. The maximum atomic E-state index is 5.24. The topological polar surface area (TPSA) is 12.5 Å². The Morgan fingerprint density at radius 3 is 3.00 bits per heavy atom. The van der Waals surface area contributed by atoms with Crippen LogP contribution in [0.2, 0.25) is 0 Å². The maximum Gasteiger partial charge on any atom is 0.149 e. The highest BCUT2D eigenvalue weighted by Gasteiger charge is 2.51. The fraction of sp³-hybridized carbons (Fsp3) is 0.571. The third-order valence-corrected chi connectivity index (χ3v) is 2.37. The van der Waals surface area contributed by atoms with E-state index < -0.39 is 0 Å². The van der Waals surface area contributed by atoms with Crippen LogP contribution >= 0.6 is 0 Å². The third-order valence-electron chi connectivity index (χ3n) is 2.37. The van der Waals surface area contributed by atoms with E-state index in [0.29, 0.717) is 0 Å². The lowest BCUT2D eigenvalue weighted by Crippen LogP contribution is -1.89. The molecule has 1 fully saturated rings. The Bertz CT molecular complexity index is 163. The first-order valence-electron chi connectivity index (χ1n) is 3.22. The van der Waals surface area contributed by atoms with Gasteiger partial charge < -0.3 is 4.74 Å². The number of rotatable bonds is 0. The molecule has 0 spiro atoms. The summed E-state index contributed by atoms with van der Waals surface area (Å²) in [7, 11) is 0. The first kappa shape index (κ1) is 3.54. The van der Waals surface area contributed by atoms with Gasteiger partial charge >= 0.3 is 0 Å². The standard InChI is InChI=1S/C7H7O/c1-2-5-3-4(1)6-7(5)8-6/h4H,1-3H2. The minimum atomic E-state index is 0.833. The second-order valence-electron chi connectivity index (χ2n) is 2.84. The average molecular weight is 107 g/mol. The zero-order valence-electron chi connectivity index (χ0n) is 4.61. The second kappa shape index (κ2) is 0.831. The Kier molecular flexibility index (Phi) is 0.368. The van der Waals surface area contributed by atoms with Crippen molar-refractivity contribution in [3.63, 3.8) is 0 Å². The summed E-state index contributed by atoms with van der Waals surface area (Å²) in [5.74, 6) is 5.07. The highest BCUT2D eigenvalue weighted by Crippen LogP contribution is 2.59. The highest BCUT2D eigenvalue weighted by atomic mass is 16.6. The fourth-order valence-corrected chi connectivity index (χ4v) is 1.88. The van der Waals surface area contributed by atoms with E-state index in [9.17, 15) is 0 Å². The summed E-state index contributed by atoms with van der Waals surface area (Å²) in [6.07, 6.45) is 4.03. The van der Waals surface area contributed by atoms with Crippen molar-refractivity contribution in [2.75, 3.05) is 0 Å². The summed E-state index contributed by atoms with van der Waals surface area (Å²) in [6.45, 7) is 0. The molecule has 8 heavy (non-hydrogen) atoms. The Labute approximate surface area is 48.3 Å². The lowest BCUT2D eigenvalue weighted by molar-refractivity contribution is 0.389. The minimum absolute atomic E-state index is 0.833. The van der Waals surface area contributed by atoms with Crippen LogP contribution in [0.1, 0.15) is 19.3 Å². The summed E-state index contributed by atoms with van der Waals surface area (Å²) >= 11 is 0. The third kappa shape index (κ3) is 0.225. The van der Waals surface area contributed by atoms with Gasteiger partial charge in [0.05, 0.1) is 0 Å². The van der Waals surface area contributed by atoms with Crippen molar-refractivity contribution < 1.29 is 4.74 Å². The molecule has 1 radical (unpaired) electrons. The van der Waals surface area contributed by atoms with Gasteiger partial charge in [0.2, 0.25) is 0 Å². The van der Waals surface area contributed by atoms with E-state index in [4.69, 9.17) is 4.74 Å². The van der Waals surface area contributed by atoms with Crippen molar-refractivity contribution in [3.8, 4) is 0 Å². The van der Waals surface area contributed by atoms with Gasteiger partial charge in [0.25, 0.3) is 0 Å². The maximum absolute atomic E-state index is 5.24. The molecule has 2 aliphatic carbocycles. The van der Waals surface area contributed by atoms with Gasteiger partial charge in [0, 0.05) is 11.8 Å². The van der Waals surface area contributed by atoms with E-state index in [1.807, 2.05) is 0 Å². The molecule has 1 unspecified atom stereocenters. The summed E-state index contributed by atoms with van der Waals surface area (Å²) < 4.78 is 5.24. The van der Waals surface area contributed by atoms with E-state index in [0.717, 1.165) is 5.92 Å². The van der Waals surface area contributed by atoms with Gasteiger partial charge in [-0.05, 0) is 19.3 Å². The van der Waals surface area contributed by atoms with E-state index in [-0.39, 0.29) is 0 Å². The number of allylic oxidation sites excluding steroid dienone is 2. The van der Waals surface area contributed by atoms with Crippen molar-refractivity contribution in [3.05, 3.63) is 17.4 Å². The molecule has 41 valence electrons. The SMILES string of the molecule is C1CC2C[C]1C1=C2O1. The molecule has 0 N–H and O–H groups in total. The lowest BCUT2D eigenvalue weighted by Gasteiger charge is -1.98. The lowest BCUT2D eigenvalue weighted by atomic mass is 10.1. The van der Waals surface area contributed by atoms with Gasteiger partial charge in [-0.15, -0.1) is 0 Å². The monoisotopic (exact) mass is 107 g/mol. The normalized spacial score (nSPS) is 40.2. The summed E-state index contributed by atoms with van der Waals surface area (Å²) in [4.78, 5) is 0. The number of hydrogen-bond acceptors (Lipinski definition) is 1. The van der Waals surface area contributed by atoms with E-state index in [2.05, 4.69) is 0 Å². The Morgan fingerprint density at radius 1 is 1.50 bits per heavy atom. The van der Waals surface area contributed by atoms with Gasteiger partial charge in [-0.2, -0.15) is 0 Å². The van der Waals surface area contributed by atoms with Crippen LogP contribution < -0.4 is 0 Å². The molecule has 1 atom stereocenters. The molecule has 0 saturated heterocycles. The van der Waals surface area contributed by atoms with Gasteiger partial charge in [-0.1, -0.05) is 0 Å². The van der Waals surface area contributed by atoms with E-state index >= 15 is 0 Å². The Balaban J connectivity index is 2.15. The van der Waals surface area contributed by atoms with Crippen molar-refractivity contribution in [2.45, 2.75) is 19.3 Å². The van der Waals surface area contributed by atoms with Crippen LogP contribution in [-0.2, 0) is 4.74 Å². The van der Waals surface area contributed by atoms with Crippen molar-refractivity contribution in [2.24, 2.45) is 5.92 Å². The molecule has 0 aromatic rings. The predicted molar refractivity (Wildman–Crippen MR) is 28.7 cm³/mol. The Hall–Kier alpha value is -0.460.